The zero-order chi connectivity index (χ0) is 22.8. The maximum Gasteiger partial charge on any atom is 0.251 e. The van der Waals surface area contributed by atoms with Gasteiger partial charge in [-0.1, -0.05) is 6.07 Å². The van der Waals surface area contributed by atoms with Crippen molar-refractivity contribution in [3.63, 3.8) is 0 Å². The van der Waals surface area contributed by atoms with Crippen LogP contribution in [0.25, 0.3) is 0 Å². The van der Waals surface area contributed by atoms with Crippen molar-refractivity contribution in [3.8, 4) is 5.75 Å². The number of nitrogens with two attached hydrogens (primary N) is 1. The number of carbonyl (C=O) groups is 3. The maximum absolute atomic E-state index is 12.2. The van der Waals surface area contributed by atoms with Crippen LogP contribution in [0.5, 0.6) is 5.75 Å². The highest BCUT2D eigenvalue weighted by atomic mass is 16.5. The monoisotopic (exact) mass is 426 g/mol. The molecule has 2 aromatic rings. The van der Waals surface area contributed by atoms with Crippen LogP contribution in [0.15, 0.2) is 48.5 Å². The first kappa shape index (κ1) is 23.2. The molecule has 10 nitrogen and oxygen atoms in total. The number of anilines is 2. The van der Waals surface area contributed by atoms with Gasteiger partial charge in [-0.15, -0.1) is 0 Å². The topological polar surface area (TPSA) is 158 Å². The summed E-state index contributed by atoms with van der Waals surface area (Å²) in [4.78, 5) is 36.1. The minimum Gasteiger partial charge on any atom is -0.491 e. The fourth-order valence-corrected chi connectivity index (χ4v) is 2.49. The Labute approximate surface area is 180 Å². The van der Waals surface area contributed by atoms with Crippen LogP contribution in [0.4, 0.5) is 11.4 Å². The van der Waals surface area contributed by atoms with Gasteiger partial charge in [-0.05, 0) is 56.3 Å². The Hall–Kier alpha value is -4.08. The molecule has 31 heavy (non-hydrogen) atoms. The molecule has 0 atom stereocenters. The van der Waals surface area contributed by atoms with E-state index < -0.39 is 17.7 Å². The molecule has 0 aliphatic rings. The van der Waals surface area contributed by atoms with Crippen LogP contribution in [0.3, 0.4) is 0 Å². The molecule has 2 aromatic carbocycles. The van der Waals surface area contributed by atoms with E-state index in [1.165, 1.54) is 6.07 Å². The Kier molecular flexibility index (Phi) is 8.38. The SMILES string of the molecule is CC(C)Oc1ccc(NC(=O)CNC(=O)CNC(=O)c2cccc(NC(=N)N)c2)cc1. The molecule has 0 aliphatic carbocycles. The standard InChI is InChI=1S/C21H26N6O4/c1-13(2)31-17-8-6-15(7-9-17)26-19(29)12-24-18(28)11-25-20(30)14-4-3-5-16(10-14)27-21(22)23/h3-10,13H,11-12H2,1-2H3,(H,24,28)(H,25,30)(H,26,29)(H4,22,23,27). The number of amides is 3. The fourth-order valence-electron chi connectivity index (χ4n) is 2.49. The number of nitrogens with one attached hydrogen (secondary N) is 5. The predicted molar refractivity (Wildman–Crippen MR) is 118 cm³/mol. The van der Waals surface area contributed by atoms with Gasteiger partial charge in [-0.25, -0.2) is 0 Å². The predicted octanol–water partition coefficient (Wildman–Crippen LogP) is 1.26. The molecular formula is C21H26N6O4. The highest BCUT2D eigenvalue weighted by molar-refractivity contribution is 5.99. The quantitative estimate of drug-likeness (QED) is 0.262. The van der Waals surface area contributed by atoms with Crippen molar-refractivity contribution in [2.75, 3.05) is 23.7 Å². The Bertz CT molecular complexity index is 943. The molecule has 3 amide bonds. The van der Waals surface area contributed by atoms with E-state index in [-0.39, 0.29) is 25.2 Å². The van der Waals surface area contributed by atoms with Crippen LogP contribution >= 0.6 is 0 Å². The largest absolute Gasteiger partial charge is 0.491 e. The van der Waals surface area contributed by atoms with Gasteiger partial charge in [0, 0.05) is 16.9 Å². The molecule has 0 spiro atoms. The molecule has 0 unspecified atom stereocenters. The van der Waals surface area contributed by atoms with Crippen LogP contribution in [-0.2, 0) is 9.59 Å². The van der Waals surface area contributed by atoms with Gasteiger partial charge in [0.05, 0.1) is 19.2 Å². The smallest absolute Gasteiger partial charge is 0.251 e. The highest BCUT2D eigenvalue weighted by Crippen LogP contribution is 2.16. The van der Waals surface area contributed by atoms with Gasteiger partial charge in [0.2, 0.25) is 11.8 Å². The minimum absolute atomic E-state index is 0.0531. The average molecular weight is 426 g/mol. The molecule has 0 fully saturated rings. The summed E-state index contributed by atoms with van der Waals surface area (Å²) in [6.45, 7) is 3.31. The average Bonchev–Trinajstić information content (AvgIpc) is 2.71. The number of benzene rings is 2. The number of hydrogen-bond acceptors (Lipinski definition) is 5. The van der Waals surface area contributed by atoms with Crippen molar-refractivity contribution in [2.45, 2.75) is 20.0 Å². The number of ether oxygens (including phenoxy) is 1. The number of guanidine groups is 1. The molecule has 2 rings (SSSR count). The second kappa shape index (κ2) is 11.2. The Morgan fingerprint density at radius 3 is 2.26 bits per heavy atom. The van der Waals surface area contributed by atoms with E-state index >= 15 is 0 Å². The first-order valence-electron chi connectivity index (χ1n) is 9.55. The lowest BCUT2D eigenvalue weighted by Crippen LogP contribution is -2.40. The number of carbonyl (C=O) groups excluding carboxylic acids is 3. The van der Waals surface area contributed by atoms with Crippen LogP contribution in [0.1, 0.15) is 24.2 Å². The first-order chi connectivity index (χ1) is 14.7. The summed E-state index contributed by atoms with van der Waals surface area (Å²) >= 11 is 0. The molecule has 10 heteroatoms. The lowest BCUT2D eigenvalue weighted by atomic mass is 10.2. The van der Waals surface area contributed by atoms with Crippen LogP contribution in [0.2, 0.25) is 0 Å². The molecule has 0 aromatic heterocycles. The van der Waals surface area contributed by atoms with Crippen molar-refractivity contribution in [1.29, 1.82) is 5.41 Å². The third-order valence-electron chi connectivity index (χ3n) is 3.77. The van der Waals surface area contributed by atoms with Gasteiger partial charge >= 0.3 is 0 Å². The first-order valence-corrected chi connectivity index (χ1v) is 9.55. The van der Waals surface area contributed by atoms with Crippen molar-refractivity contribution < 1.29 is 19.1 Å². The molecule has 0 saturated carbocycles. The summed E-state index contributed by atoms with van der Waals surface area (Å²) in [5.74, 6) is -0.951. The Balaban J connectivity index is 1.74. The van der Waals surface area contributed by atoms with E-state index in [4.69, 9.17) is 15.9 Å². The van der Waals surface area contributed by atoms with E-state index in [1.807, 2.05) is 13.8 Å². The molecule has 0 heterocycles. The molecule has 0 aliphatic heterocycles. The van der Waals surface area contributed by atoms with Gasteiger partial charge in [-0.3, -0.25) is 19.8 Å². The maximum atomic E-state index is 12.2. The van der Waals surface area contributed by atoms with Crippen molar-refractivity contribution >= 4 is 35.1 Å². The lowest BCUT2D eigenvalue weighted by Gasteiger charge is -2.11. The summed E-state index contributed by atoms with van der Waals surface area (Å²) < 4.78 is 5.53. The zero-order valence-electron chi connectivity index (χ0n) is 17.3. The zero-order valence-corrected chi connectivity index (χ0v) is 17.3. The van der Waals surface area contributed by atoms with Gasteiger partial charge in [0.25, 0.3) is 5.91 Å². The van der Waals surface area contributed by atoms with E-state index in [9.17, 15) is 14.4 Å². The summed E-state index contributed by atoms with van der Waals surface area (Å²) in [6, 6.07) is 13.2. The molecular weight excluding hydrogens is 400 g/mol. The van der Waals surface area contributed by atoms with Crippen molar-refractivity contribution in [3.05, 3.63) is 54.1 Å². The van der Waals surface area contributed by atoms with Crippen molar-refractivity contribution in [2.24, 2.45) is 5.73 Å². The van der Waals surface area contributed by atoms with Crippen LogP contribution < -0.4 is 31.7 Å². The molecule has 164 valence electrons. The lowest BCUT2D eigenvalue weighted by molar-refractivity contribution is -0.123. The van der Waals surface area contributed by atoms with E-state index in [0.717, 1.165) is 0 Å². The molecule has 0 bridgehead atoms. The summed E-state index contributed by atoms with van der Waals surface area (Å²) in [7, 11) is 0. The van der Waals surface area contributed by atoms with Crippen LogP contribution in [0, 0.1) is 5.41 Å². The third-order valence-corrected chi connectivity index (χ3v) is 3.77. The summed E-state index contributed by atoms with van der Waals surface area (Å²) in [5, 5.41) is 17.3. The van der Waals surface area contributed by atoms with E-state index in [1.54, 1.807) is 42.5 Å². The number of rotatable bonds is 9. The molecule has 0 saturated heterocycles. The van der Waals surface area contributed by atoms with Gasteiger partial charge < -0.3 is 31.7 Å². The van der Waals surface area contributed by atoms with Gasteiger partial charge in [0.1, 0.15) is 5.75 Å². The van der Waals surface area contributed by atoms with Crippen molar-refractivity contribution in [1.82, 2.24) is 10.6 Å². The third kappa shape index (κ3) is 8.44. The summed E-state index contributed by atoms with van der Waals surface area (Å²) in [6.07, 6.45) is 0.0531. The Morgan fingerprint density at radius 2 is 1.61 bits per heavy atom. The second-order valence-electron chi connectivity index (χ2n) is 6.82. The minimum atomic E-state index is -0.512. The van der Waals surface area contributed by atoms with E-state index in [0.29, 0.717) is 22.7 Å². The van der Waals surface area contributed by atoms with Crippen LogP contribution in [-0.4, -0.2) is 42.9 Å². The number of hydrogen-bond donors (Lipinski definition) is 6. The fraction of sp³-hybridized carbons (Fsp3) is 0.238. The molecule has 7 N–H and O–H groups in total. The van der Waals surface area contributed by atoms with Gasteiger partial charge in [-0.2, -0.15) is 0 Å². The second-order valence-corrected chi connectivity index (χ2v) is 6.82. The Morgan fingerprint density at radius 1 is 0.935 bits per heavy atom. The van der Waals surface area contributed by atoms with E-state index in [2.05, 4.69) is 21.3 Å². The highest BCUT2D eigenvalue weighted by Gasteiger charge is 2.10. The van der Waals surface area contributed by atoms with Gasteiger partial charge in [0.15, 0.2) is 5.96 Å². The summed E-state index contributed by atoms with van der Waals surface area (Å²) in [5.41, 5.74) is 6.60. The molecule has 0 radical (unpaired) electrons. The normalized spacial score (nSPS) is 10.2.